The molecule has 0 saturated heterocycles. The summed E-state index contributed by atoms with van der Waals surface area (Å²) in [6, 6.07) is 5.83. The van der Waals surface area contributed by atoms with Crippen molar-refractivity contribution in [1.29, 1.82) is 0 Å². The maximum absolute atomic E-state index is 5.99. The van der Waals surface area contributed by atoms with Gasteiger partial charge in [-0.2, -0.15) is 0 Å². The molecule has 0 radical (unpaired) electrons. The summed E-state index contributed by atoms with van der Waals surface area (Å²) in [7, 11) is 0. The Kier molecular flexibility index (Phi) is 3.14. The van der Waals surface area contributed by atoms with Crippen molar-refractivity contribution in [1.82, 2.24) is 14.8 Å². The molecule has 18 heavy (non-hydrogen) atoms. The van der Waals surface area contributed by atoms with Gasteiger partial charge in [0.25, 0.3) is 0 Å². The topological polar surface area (TPSA) is 34.0 Å². The van der Waals surface area contributed by atoms with Crippen molar-refractivity contribution in [2.75, 3.05) is 11.4 Å². The van der Waals surface area contributed by atoms with Gasteiger partial charge in [0.15, 0.2) is 5.82 Å². The first-order valence-electron chi connectivity index (χ1n) is 5.74. The Morgan fingerprint density at radius 1 is 1.28 bits per heavy atom. The Labute approximate surface area is 115 Å². The number of benzene rings is 1. The van der Waals surface area contributed by atoms with Crippen LogP contribution in [-0.2, 0) is 19.0 Å². The number of halogens is 2. The largest absolute Gasteiger partial charge is 0.362 e. The molecule has 0 N–H and O–H groups in total. The number of nitrogens with zero attached hydrogens (tertiary/aromatic N) is 4. The van der Waals surface area contributed by atoms with Gasteiger partial charge >= 0.3 is 0 Å². The van der Waals surface area contributed by atoms with Crippen LogP contribution in [0.25, 0.3) is 0 Å². The van der Waals surface area contributed by atoms with Crippen LogP contribution in [0.15, 0.2) is 24.5 Å². The van der Waals surface area contributed by atoms with Crippen molar-refractivity contribution >= 4 is 28.9 Å². The molecule has 1 aliphatic rings. The average Bonchev–Trinajstić information content (AvgIpc) is 2.85. The van der Waals surface area contributed by atoms with Gasteiger partial charge in [-0.25, -0.2) is 0 Å². The molecule has 2 heterocycles. The molecule has 0 bridgehead atoms. The number of aromatic nitrogens is 3. The van der Waals surface area contributed by atoms with Crippen molar-refractivity contribution in [3.05, 3.63) is 40.9 Å². The van der Waals surface area contributed by atoms with E-state index in [1.54, 1.807) is 6.33 Å². The number of alkyl halides is 1. The van der Waals surface area contributed by atoms with Crippen LogP contribution in [0, 0.1) is 0 Å². The van der Waals surface area contributed by atoms with Gasteiger partial charge in [0.1, 0.15) is 6.33 Å². The third kappa shape index (κ3) is 2.06. The van der Waals surface area contributed by atoms with E-state index in [4.69, 9.17) is 23.2 Å². The van der Waals surface area contributed by atoms with Crippen molar-refractivity contribution in [2.24, 2.45) is 0 Å². The van der Waals surface area contributed by atoms with E-state index < -0.39 is 0 Å². The number of hydrogen-bond donors (Lipinski definition) is 0. The molecule has 0 fully saturated rings. The van der Waals surface area contributed by atoms with Crippen molar-refractivity contribution in [3.8, 4) is 0 Å². The minimum atomic E-state index is 0.457. The quantitative estimate of drug-likeness (QED) is 0.795. The Bertz CT molecular complexity index is 567. The molecule has 0 spiro atoms. The summed E-state index contributed by atoms with van der Waals surface area (Å²) in [5.41, 5.74) is 2.18. The molecule has 0 amide bonds. The van der Waals surface area contributed by atoms with E-state index in [1.165, 1.54) is 0 Å². The van der Waals surface area contributed by atoms with Gasteiger partial charge < -0.3 is 9.47 Å². The van der Waals surface area contributed by atoms with E-state index in [-0.39, 0.29) is 0 Å². The van der Waals surface area contributed by atoms with Gasteiger partial charge in [0.05, 0.1) is 6.54 Å². The highest BCUT2D eigenvalue weighted by Crippen LogP contribution is 2.28. The molecule has 0 atom stereocenters. The molecule has 6 heteroatoms. The Balaban J connectivity index is 1.93. The molecule has 1 aromatic carbocycles. The predicted molar refractivity (Wildman–Crippen MR) is 72.1 cm³/mol. The highest BCUT2D eigenvalue weighted by Gasteiger charge is 2.19. The fourth-order valence-electron chi connectivity index (χ4n) is 2.24. The standard InChI is InChI=1S/C12H12Cl2N4/c13-6-9-5-10(14)1-2-11(9)17-3-4-18-8-15-16-12(18)7-17/h1-2,5,8H,3-4,6-7H2. The zero-order chi connectivity index (χ0) is 12.5. The second-order valence-electron chi connectivity index (χ2n) is 4.27. The van der Waals surface area contributed by atoms with E-state index in [0.29, 0.717) is 5.88 Å². The number of fused-ring (bicyclic) bond motifs is 1. The van der Waals surface area contributed by atoms with Crippen LogP contribution in [0.3, 0.4) is 0 Å². The first-order chi connectivity index (χ1) is 8.78. The summed E-state index contributed by atoms with van der Waals surface area (Å²) in [5, 5.41) is 8.76. The summed E-state index contributed by atoms with van der Waals surface area (Å²) in [5.74, 6) is 1.44. The molecule has 94 valence electrons. The van der Waals surface area contributed by atoms with Crippen LogP contribution in [0.2, 0.25) is 5.02 Å². The van der Waals surface area contributed by atoms with Crippen LogP contribution in [0.4, 0.5) is 5.69 Å². The van der Waals surface area contributed by atoms with Gasteiger partial charge in [-0.3, -0.25) is 0 Å². The van der Waals surface area contributed by atoms with Gasteiger partial charge in [0, 0.05) is 29.7 Å². The van der Waals surface area contributed by atoms with E-state index in [0.717, 1.165) is 41.7 Å². The maximum Gasteiger partial charge on any atom is 0.152 e. The molecule has 1 aliphatic heterocycles. The highest BCUT2D eigenvalue weighted by molar-refractivity contribution is 6.30. The van der Waals surface area contributed by atoms with Crippen molar-refractivity contribution in [3.63, 3.8) is 0 Å². The maximum atomic E-state index is 5.99. The smallest absolute Gasteiger partial charge is 0.152 e. The molecular formula is C12H12Cl2N4. The van der Waals surface area contributed by atoms with Crippen LogP contribution in [0.5, 0.6) is 0 Å². The van der Waals surface area contributed by atoms with E-state index in [9.17, 15) is 0 Å². The summed E-state index contributed by atoms with van der Waals surface area (Å²) in [4.78, 5) is 2.26. The summed E-state index contributed by atoms with van der Waals surface area (Å²) in [6.07, 6.45) is 1.77. The molecule has 2 aromatic rings. The van der Waals surface area contributed by atoms with E-state index in [2.05, 4.69) is 19.7 Å². The lowest BCUT2D eigenvalue weighted by atomic mass is 10.1. The fraction of sp³-hybridized carbons (Fsp3) is 0.333. The lowest BCUT2D eigenvalue weighted by Crippen LogP contribution is -2.34. The van der Waals surface area contributed by atoms with Gasteiger partial charge in [0.2, 0.25) is 0 Å². The Morgan fingerprint density at radius 2 is 2.17 bits per heavy atom. The molecule has 0 aliphatic carbocycles. The van der Waals surface area contributed by atoms with Gasteiger partial charge in [-0.1, -0.05) is 11.6 Å². The van der Waals surface area contributed by atoms with Crippen molar-refractivity contribution in [2.45, 2.75) is 19.0 Å². The first kappa shape index (κ1) is 11.8. The third-order valence-electron chi connectivity index (χ3n) is 3.17. The molecule has 0 unspecified atom stereocenters. The lowest BCUT2D eigenvalue weighted by molar-refractivity contribution is 0.559. The normalized spacial score (nSPS) is 14.7. The van der Waals surface area contributed by atoms with Gasteiger partial charge in [-0.15, -0.1) is 21.8 Å². The minimum Gasteiger partial charge on any atom is -0.362 e. The predicted octanol–water partition coefficient (Wildman–Crippen LogP) is 2.69. The van der Waals surface area contributed by atoms with Crippen LogP contribution in [-0.4, -0.2) is 21.3 Å². The molecular weight excluding hydrogens is 271 g/mol. The first-order valence-corrected chi connectivity index (χ1v) is 6.65. The van der Waals surface area contributed by atoms with E-state index in [1.807, 2.05) is 18.2 Å². The molecule has 0 saturated carbocycles. The van der Waals surface area contributed by atoms with Crippen molar-refractivity contribution < 1.29 is 0 Å². The second kappa shape index (κ2) is 4.78. The van der Waals surface area contributed by atoms with E-state index >= 15 is 0 Å². The molecule has 1 aromatic heterocycles. The zero-order valence-electron chi connectivity index (χ0n) is 9.68. The van der Waals surface area contributed by atoms with Gasteiger partial charge in [-0.05, 0) is 23.8 Å². The number of anilines is 1. The summed E-state index contributed by atoms with van der Waals surface area (Å²) < 4.78 is 2.08. The Morgan fingerprint density at radius 3 is 3.00 bits per heavy atom. The van der Waals surface area contributed by atoms with Crippen LogP contribution < -0.4 is 4.90 Å². The molecule has 3 rings (SSSR count). The number of rotatable bonds is 2. The monoisotopic (exact) mass is 282 g/mol. The zero-order valence-corrected chi connectivity index (χ0v) is 11.2. The van der Waals surface area contributed by atoms with Crippen LogP contribution in [0.1, 0.15) is 11.4 Å². The highest BCUT2D eigenvalue weighted by atomic mass is 35.5. The number of hydrogen-bond acceptors (Lipinski definition) is 3. The Hall–Kier alpha value is -1.26. The second-order valence-corrected chi connectivity index (χ2v) is 4.97. The summed E-state index contributed by atoms with van der Waals surface area (Å²) >= 11 is 12.0. The summed E-state index contributed by atoms with van der Waals surface area (Å²) in [6.45, 7) is 2.58. The average molecular weight is 283 g/mol. The third-order valence-corrected chi connectivity index (χ3v) is 3.69. The molecule has 4 nitrogen and oxygen atoms in total. The lowest BCUT2D eigenvalue weighted by Gasteiger charge is -2.30. The fourth-order valence-corrected chi connectivity index (χ4v) is 2.65. The minimum absolute atomic E-state index is 0.457. The van der Waals surface area contributed by atoms with Crippen LogP contribution >= 0.6 is 23.2 Å². The SMILES string of the molecule is ClCc1cc(Cl)ccc1N1CCn2cnnc2C1.